The van der Waals surface area contributed by atoms with E-state index in [2.05, 4.69) is 85.6 Å². The fraction of sp³-hybridized carbons (Fsp3) is 0.130. The molecule has 0 saturated carbocycles. The first kappa shape index (κ1) is 16.7. The smallest absolute Gasteiger partial charge is 0.124 e. The minimum Gasteiger partial charge on any atom is -0.261 e. The summed E-state index contributed by atoms with van der Waals surface area (Å²) in [6, 6.07) is 25.1. The summed E-state index contributed by atoms with van der Waals surface area (Å²) in [5.41, 5.74) is 5.71. The summed E-state index contributed by atoms with van der Waals surface area (Å²) < 4.78 is 1.23. The lowest BCUT2D eigenvalue weighted by molar-refractivity contribution is 1.04. The first-order valence-electron chi connectivity index (χ1n) is 8.76. The van der Waals surface area contributed by atoms with Crippen molar-refractivity contribution in [2.45, 2.75) is 19.8 Å². The van der Waals surface area contributed by atoms with Crippen LogP contribution in [-0.4, -0.2) is 11.2 Å². The minimum absolute atomic E-state index is 0.295. The van der Waals surface area contributed by atoms with Crippen molar-refractivity contribution in [3.8, 4) is 10.6 Å². The number of aliphatic imine (C=N–C) groups is 1. The molecule has 26 heavy (non-hydrogen) atoms. The van der Waals surface area contributed by atoms with Crippen LogP contribution in [-0.2, 0) is 0 Å². The molecule has 0 bridgehead atoms. The number of nitrogens with zero attached hydrogens (tertiary/aromatic N) is 2. The molecule has 4 rings (SSSR count). The molecular weight excluding hydrogens is 336 g/mol. The number of thiazole rings is 1. The van der Waals surface area contributed by atoms with Crippen molar-refractivity contribution in [1.82, 2.24) is 4.98 Å². The topological polar surface area (TPSA) is 25.2 Å². The Morgan fingerprint density at radius 3 is 2.50 bits per heavy atom. The van der Waals surface area contributed by atoms with Crippen LogP contribution in [0.3, 0.4) is 0 Å². The Morgan fingerprint density at radius 1 is 0.962 bits per heavy atom. The molecule has 2 nitrogen and oxygen atoms in total. The summed E-state index contributed by atoms with van der Waals surface area (Å²) in [6.45, 7) is 4.28. The Morgan fingerprint density at radius 2 is 1.73 bits per heavy atom. The van der Waals surface area contributed by atoms with Crippen LogP contribution >= 0.6 is 11.3 Å². The van der Waals surface area contributed by atoms with E-state index in [-0.39, 0.29) is 0 Å². The molecule has 1 heterocycles. The van der Waals surface area contributed by atoms with Crippen LogP contribution in [0.1, 0.15) is 24.0 Å². The molecule has 0 aliphatic carbocycles. The van der Waals surface area contributed by atoms with Gasteiger partial charge in [-0.25, -0.2) is 4.98 Å². The van der Waals surface area contributed by atoms with Crippen molar-refractivity contribution in [3.05, 3.63) is 83.9 Å². The molecule has 0 saturated heterocycles. The molecule has 0 aliphatic rings. The number of fused-ring (bicyclic) bond motifs is 1. The second-order valence-electron chi connectivity index (χ2n) is 6.51. The zero-order valence-electron chi connectivity index (χ0n) is 14.9. The van der Waals surface area contributed by atoms with Crippen molar-refractivity contribution in [3.63, 3.8) is 0 Å². The summed E-state index contributed by atoms with van der Waals surface area (Å²) in [5, 5.41) is 1.05. The van der Waals surface area contributed by atoms with Gasteiger partial charge in [0.15, 0.2) is 0 Å². The predicted molar refractivity (Wildman–Crippen MR) is 113 cm³/mol. The first-order valence-corrected chi connectivity index (χ1v) is 9.57. The van der Waals surface area contributed by atoms with Crippen molar-refractivity contribution >= 4 is 33.5 Å². The van der Waals surface area contributed by atoms with Crippen LogP contribution in [0.15, 0.2) is 77.8 Å². The third-order valence-corrected chi connectivity index (χ3v) is 5.50. The summed E-state index contributed by atoms with van der Waals surface area (Å²) in [7, 11) is 0. The number of rotatable bonds is 4. The molecule has 3 heteroatoms. The second-order valence-corrected chi connectivity index (χ2v) is 7.55. The third kappa shape index (κ3) is 3.58. The van der Waals surface area contributed by atoms with Gasteiger partial charge < -0.3 is 0 Å². The summed E-state index contributed by atoms with van der Waals surface area (Å²) in [5.74, 6) is 0.295. The Hall–Kier alpha value is -2.78. The number of aromatic nitrogens is 1. The molecule has 128 valence electrons. The maximum Gasteiger partial charge on any atom is 0.124 e. The van der Waals surface area contributed by atoms with Gasteiger partial charge in [0.25, 0.3) is 0 Å². The Kier molecular flexibility index (Phi) is 4.63. The van der Waals surface area contributed by atoms with E-state index in [0.29, 0.717) is 5.92 Å². The fourth-order valence-corrected chi connectivity index (χ4v) is 3.96. The zero-order valence-corrected chi connectivity index (χ0v) is 15.7. The molecule has 1 aromatic heterocycles. The molecule has 0 spiro atoms. The van der Waals surface area contributed by atoms with E-state index in [1.54, 1.807) is 11.3 Å². The lowest BCUT2D eigenvalue weighted by Crippen LogP contribution is -1.93. The van der Waals surface area contributed by atoms with E-state index in [1.165, 1.54) is 15.8 Å². The molecule has 1 unspecified atom stereocenters. The van der Waals surface area contributed by atoms with E-state index >= 15 is 0 Å². The van der Waals surface area contributed by atoms with Gasteiger partial charge in [0.2, 0.25) is 0 Å². The molecule has 0 N–H and O–H groups in total. The van der Waals surface area contributed by atoms with E-state index in [9.17, 15) is 0 Å². The van der Waals surface area contributed by atoms with Gasteiger partial charge in [-0.3, -0.25) is 4.99 Å². The highest BCUT2D eigenvalue weighted by atomic mass is 32.1. The van der Waals surface area contributed by atoms with E-state index in [1.807, 2.05) is 12.3 Å². The SMILES string of the molecule is Cc1ccc2nc(-c3ccc(N=CC(C)c4ccccc4)cc3)sc2c1. The minimum atomic E-state index is 0.295. The number of hydrogen-bond donors (Lipinski definition) is 0. The lowest BCUT2D eigenvalue weighted by atomic mass is 10.0. The van der Waals surface area contributed by atoms with E-state index in [4.69, 9.17) is 4.98 Å². The molecule has 3 aromatic carbocycles. The van der Waals surface area contributed by atoms with Gasteiger partial charge in [-0.15, -0.1) is 11.3 Å². The van der Waals surface area contributed by atoms with Crippen molar-refractivity contribution in [1.29, 1.82) is 0 Å². The van der Waals surface area contributed by atoms with Gasteiger partial charge in [-0.05, 0) is 54.4 Å². The first-order chi connectivity index (χ1) is 12.7. The van der Waals surface area contributed by atoms with Crippen LogP contribution in [0.2, 0.25) is 0 Å². The molecule has 4 aromatic rings. The Balaban J connectivity index is 1.53. The highest BCUT2D eigenvalue weighted by molar-refractivity contribution is 7.21. The van der Waals surface area contributed by atoms with Crippen LogP contribution in [0.4, 0.5) is 5.69 Å². The number of aryl methyl sites for hydroxylation is 1. The Labute approximate surface area is 157 Å². The third-order valence-electron chi connectivity index (χ3n) is 4.43. The van der Waals surface area contributed by atoms with Crippen LogP contribution in [0.25, 0.3) is 20.8 Å². The fourth-order valence-electron chi connectivity index (χ4n) is 2.89. The molecule has 0 radical (unpaired) electrons. The average molecular weight is 356 g/mol. The van der Waals surface area contributed by atoms with Crippen LogP contribution in [0.5, 0.6) is 0 Å². The van der Waals surface area contributed by atoms with E-state index < -0.39 is 0 Å². The highest BCUT2D eigenvalue weighted by Crippen LogP contribution is 2.31. The predicted octanol–water partition coefficient (Wildman–Crippen LogP) is 6.78. The van der Waals surface area contributed by atoms with Gasteiger partial charge in [-0.1, -0.05) is 43.3 Å². The van der Waals surface area contributed by atoms with Crippen LogP contribution < -0.4 is 0 Å². The normalized spacial score (nSPS) is 12.7. The molecule has 0 fully saturated rings. The van der Waals surface area contributed by atoms with Crippen molar-refractivity contribution in [2.24, 2.45) is 4.99 Å². The molecule has 1 atom stereocenters. The van der Waals surface area contributed by atoms with Gasteiger partial charge in [-0.2, -0.15) is 0 Å². The maximum atomic E-state index is 4.75. The van der Waals surface area contributed by atoms with Crippen molar-refractivity contribution < 1.29 is 0 Å². The summed E-state index contributed by atoms with van der Waals surface area (Å²) >= 11 is 1.74. The molecular formula is C23H20N2S. The standard InChI is InChI=1S/C23H20N2S/c1-16-8-13-21-22(14-16)26-23(25-21)19-9-11-20(12-10-19)24-15-17(2)18-6-4-3-5-7-18/h3-15,17H,1-2H3. The van der Waals surface area contributed by atoms with Gasteiger partial charge >= 0.3 is 0 Å². The number of benzene rings is 3. The highest BCUT2D eigenvalue weighted by Gasteiger charge is 2.06. The van der Waals surface area contributed by atoms with Gasteiger partial charge in [0.05, 0.1) is 15.9 Å². The quantitative estimate of drug-likeness (QED) is 0.370. The Bertz CT molecular complexity index is 1050. The summed E-state index contributed by atoms with van der Waals surface area (Å²) in [6.07, 6.45) is 2.00. The van der Waals surface area contributed by atoms with Crippen molar-refractivity contribution in [2.75, 3.05) is 0 Å². The van der Waals surface area contributed by atoms with Crippen LogP contribution in [0, 0.1) is 6.92 Å². The average Bonchev–Trinajstić information content (AvgIpc) is 3.10. The maximum absolute atomic E-state index is 4.75. The molecule has 0 amide bonds. The van der Waals surface area contributed by atoms with Gasteiger partial charge in [0.1, 0.15) is 5.01 Å². The largest absolute Gasteiger partial charge is 0.261 e. The molecule has 0 aliphatic heterocycles. The summed E-state index contributed by atoms with van der Waals surface area (Å²) in [4.78, 5) is 9.38. The van der Waals surface area contributed by atoms with E-state index in [0.717, 1.165) is 21.8 Å². The monoisotopic (exact) mass is 356 g/mol. The second kappa shape index (κ2) is 7.22. The van der Waals surface area contributed by atoms with Gasteiger partial charge in [0, 0.05) is 17.7 Å². The number of hydrogen-bond acceptors (Lipinski definition) is 3. The lowest BCUT2D eigenvalue weighted by Gasteiger charge is -2.05. The zero-order chi connectivity index (χ0) is 17.9.